The lowest BCUT2D eigenvalue weighted by atomic mass is 9.77. The van der Waals surface area contributed by atoms with E-state index in [-0.39, 0.29) is 5.91 Å². The molecule has 0 radical (unpaired) electrons. The summed E-state index contributed by atoms with van der Waals surface area (Å²) in [5.74, 6) is 0.682. The van der Waals surface area contributed by atoms with Gasteiger partial charge in [0, 0.05) is 12.1 Å². The Hall–Kier alpha value is -1.31. The second kappa shape index (κ2) is 4.69. The summed E-state index contributed by atoms with van der Waals surface area (Å²) >= 11 is 0. The van der Waals surface area contributed by atoms with Gasteiger partial charge >= 0.3 is 0 Å². The number of hydrogen-bond acceptors (Lipinski definition) is 1. The van der Waals surface area contributed by atoms with E-state index >= 15 is 0 Å². The monoisotopic (exact) mass is 217 g/mol. The van der Waals surface area contributed by atoms with Crippen LogP contribution < -0.4 is 5.32 Å². The van der Waals surface area contributed by atoms with Crippen LogP contribution in [0.4, 0.5) is 0 Å². The highest BCUT2D eigenvalue weighted by Gasteiger charge is 2.24. The minimum Gasteiger partial charge on any atom is -0.352 e. The number of nitrogens with one attached hydrogen (secondary N) is 1. The lowest BCUT2D eigenvalue weighted by Crippen LogP contribution is -2.25. The highest BCUT2D eigenvalue weighted by atomic mass is 16.1. The molecule has 1 aromatic carbocycles. The zero-order valence-electron chi connectivity index (χ0n) is 10.0. The first-order valence-corrected chi connectivity index (χ1v) is 6.11. The van der Waals surface area contributed by atoms with Crippen molar-refractivity contribution in [3.63, 3.8) is 0 Å². The number of rotatable bonds is 3. The van der Waals surface area contributed by atoms with Crippen LogP contribution in [0.5, 0.6) is 0 Å². The largest absolute Gasteiger partial charge is 0.352 e. The number of carbonyl (C=O) groups is 1. The Morgan fingerprint density at radius 1 is 1.44 bits per heavy atom. The summed E-state index contributed by atoms with van der Waals surface area (Å²) < 4.78 is 0. The molecule has 1 aliphatic carbocycles. The molecule has 0 aromatic heterocycles. The molecule has 86 valence electrons. The second-order valence-electron chi connectivity index (χ2n) is 4.58. The molecule has 0 bridgehead atoms. The highest BCUT2D eigenvalue weighted by Crippen LogP contribution is 2.38. The lowest BCUT2D eigenvalue weighted by Gasteiger charge is -2.28. The quantitative estimate of drug-likeness (QED) is 0.828. The Labute approximate surface area is 97.1 Å². The average Bonchev–Trinajstić information content (AvgIpc) is 2.15. The topological polar surface area (TPSA) is 29.1 Å². The van der Waals surface area contributed by atoms with E-state index in [2.05, 4.69) is 18.3 Å². The maximum Gasteiger partial charge on any atom is 0.251 e. The minimum atomic E-state index is 0.0735. The smallest absolute Gasteiger partial charge is 0.251 e. The van der Waals surface area contributed by atoms with Crippen molar-refractivity contribution in [3.8, 4) is 0 Å². The molecule has 1 amide bonds. The lowest BCUT2D eigenvalue weighted by molar-refractivity contribution is 0.0953. The van der Waals surface area contributed by atoms with Gasteiger partial charge in [0.2, 0.25) is 0 Å². The van der Waals surface area contributed by atoms with Crippen molar-refractivity contribution in [2.45, 2.75) is 39.0 Å². The standard InChI is InChI=1S/C14H19NO/c1-3-15-14(16)12-8-7-10(2)9-13(12)11-5-4-6-11/h7-9,11H,3-6H2,1-2H3,(H,15,16). The van der Waals surface area contributed by atoms with E-state index in [0.717, 1.165) is 5.56 Å². The summed E-state index contributed by atoms with van der Waals surface area (Å²) in [5.41, 5.74) is 3.37. The molecule has 0 spiro atoms. The number of benzene rings is 1. The molecule has 0 heterocycles. The Bertz CT molecular complexity index is 394. The summed E-state index contributed by atoms with van der Waals surface area (Å²) in [6.45, 7) is 4.73. The van der Waals surface area contributed by atoms with E-state index in [4.69, 9.17) is 0 Å². The molecular formula is C14H19NO. The number of amides is 1. The Morgan fingerprint density at radius 2 is 2.19 bits per heavy atom. The normalized spacial score (nSPS) is 15.6. The first kappa shape index (κ1) is 11.2. The van der Waals surface area contributed by atoms with E-state index in [1.54, 1.807) is 0 Å². The SMILES string of the molecule is CCNC(=O)c1ccc(C)cc1C1CCC1. The molecule has 1 aliphatic rings. The van der Waals surface area contributed by atoms with Gasteiger partial charge in [0.1, 0.15) is 0 Å². The summed E-state index contributed by atoms with van der Waals surface area (Å²) in [7, 11) is 0. The van der Waals surface area contributed by atoms with Gasteiger partial charge in [-0.15, -0.1) is 0 Å². The molecule has 16 heavy (non-hydrogen) atoms. The van der Waals surface area contributed by atoms with Crippen LogP contribution in [-0.4, -0.2) is 12.5 Å². The van der Waals surface area contributed by atoms with Gasteiger partial charge in [0.15, 0.2) is 0 Å². The predicted octanol–water partition coefficient (Wildman–Crippen LogP) is 3.01. The summed E-state index contributed by atoms with van der Waals surface area (Å²) in [6, 6.07) is 6.16. The third-order valence-corrected chi connectivity index (χ3v) is 3.33. The summed E-state index contributed by atoms with van der Waals surface area (Å²) in [6.07, 6.45) is 3.76. The third kappa shape index (κ3) is 2.11. The van der Waals surface area contributed by atoms with Crippen LogP contribution in [0.25, 0.3) is 0 Å². The van der Waals surface area contributed by atoms with Crippen LogP contribution in [0.15, 0.2) is 18.2 Å². The third-order valence-electron chi connectivity index (χ3n) is 3.33. The number of carbonyl (C=O) groups excluding carboxylic acids is 1. The van der Waals surface area contributed by atoms with E-state index in [1.165, 1.54) is 30.4 Å². The predicted molar refractivity (Wildman–Crippen MR) is 65.8 cm³/mol. The molecule has 2 rings (SSSR count). The van der Waals surface area contributed by atoms with Gasteiger partial charge in [-0.05, 0) is 44.2 Å². The molecular weight excluding hydrogens is 198 g/mol. The van der Waals surface area contributed by atoms with Crippen LogP contribution in [0.1, 0.15) is 53.6 Å². The molecule has 2 heteroatoms. The molecule has 0 atom stereocenters. The van der Waals surface area contributed by atoms with Crippen molar-refractivity contribution in [1.82, 2.24) is 5.32 Å². The van der Waals surface area contributed by atoms with Gasteiger partial charge in [0.05, 0.1) is 0 Å². The van der Waals surface area contributed by atoms with Gasteiger partial charge in [-0.25, -0.2) is 0 Å². The molecule has 1 saturated carbocycles. The second-order valence-corrected chi connectivity index (χ2v) is 4.58. The fourth-order valence-electron chi connectivity index (χ4n) is 2.20. The molecule has 2 nitrogen and oxygen atoms in total. The fourth-order valence-corrected chi connectivity index (χ4v) is 2.20. The number of hydrogen-bond donors (Lipinski definition) is 1. The van der Waals surface area contributed by atoms with Crippen molar-refractivity contribution in [2.75, 3.05) is 6.54 Å². The fraction of sp³-hybridized carbons (Fsp3) is 0.500. The molecule has 1 N–H and O–H groups in total. The maximum absolute atomic E-state index is 11.9. The van der Waals surface area contributed by atoms with Crippen LogP contribution in [0, 0.1) is 6.92 Å². The zero-order valence-corrected chi connectivity index (χ0v) is 10.0. The summed E-state index contributed by atoms with van der Waals surface area (Å²) in [4.78, 5) is 11.9. The van der Waals surface area contributed by atoms with Crippen LogP contribution in [0.3, 0.4) is 0 Å². The van der Waals surface area contributed by atoms with E-state index in [9.17, 15) is 4.79 Å². The molecule has 1 aromatic rings. The van der Waals surface area contributed by atoms with Gasteiger partial charge in [0.25, 0.3) is 5.91 Å². The van der Waals surface area contributed by atoms with Gasteiger partial charge < -0.3 is 5.32 Å². The maximum atomic E-state index is 11.9. The molecule has 1 fully saturated rings. The van der Waals surface area contributed by atoms with E-state index in [0.29, 0.717) is 12.5 Å². The van der Waals surface area contributed by atoms with Crippen molar-refractivity contribution >= 4 is 5.91 Å². The highest BCUT2D eigenvalue weighted by molar-refractivity contribution is 5.96. The molecule has 0 unspecified atom stereocenters. The zero-order chi connectivity index (χ0) is 11.5. The van der Waals surface area contributed by atoms with Crippen LogP contribution in [-0.2, 0) is 0 Å². The van der Waals surface area contributed by atoms with Crippen LogP contribution in [0.2, 0.25) is 0 Å². The van der Waals surface area contributed by atoms with Crippen molar-refractivity contribution in [1.29, 1.82) is 0 Å². The Kier molecular flexibility index (Phi) is 3.28. The van der Waals surface area contributed by atoms with Gasteiger partial charge in [-0.2, -0.15) is 0 Å². The number of aryl methyl sites for hydroxylation is 1. The molecule has 0 saturated heterocycles. The Morgan fingerprint density at radius 3 is 2.75 bits per heavy atom. The van der Waals surface area contributed by atoms with Gasteiger partial charge in [-0.1, -0.05) is 24.1 Å². The first-order chi connectivity index (χ1) is 7.72. The van der Waals surface area contributed by atoms with Crippen molar-refractivity contribution < 1.29 is 4.79 Å². The minimum absolute atomic E-state index is 0.0735. The van der Waals surface area contributed by atoms with Gasteiger partial charge in [-0.3, -0.25) is 4.79 Å². The summed E-state index contributed by atoms with van der Waals surface area (Å²) in [5, 5.41) is 2.89. The van der Waals surface area contributed by atoms with E-state index in [1.807, 2.05) is 19.1 Å². The van der Waals surface area contributed by atoms with Crippen LogP contribution >= 0.6 is 0 Å². The average molecular weight is 217 g/mol. The van der Waals surface area contributed by atoms with E-state index < -0.39 is 0 Å². The molecule has 0 aliphatic heterocycles. The Balaban J connectivity index is 2.31. The van der Waals surface area contributed by atoms with Crippen molar-refractivity contribution in [2.24, 2.45) is 0 Å². The van der Waals surface area contributed by atoms with Crippen molar-refractivity contribution in [3.05, 3.63) is 34.9 Å². The first-order valence-electron chi connectivity index (χ1n) is 6.11.